The SMILES string of the molecule is CCCC#CC(OC(=O)C(Cc1ccccc1)NC(=O)OC(C)(C)C)C(C)C. The lowest BCUT2D eigenvalue weighted by Gasteiger charge is -2.24. The van der Waals surface area contributed by atoms with E-state index in [4.69, 9.17) is 9.47 Å². The van der Waals surface area contributed by atoms with Crippen molar-refractivity contribution >= 4 is 12.1 Å². The second-order valence-electron chi connectivity index (χ2n) is 8.06. The summed E-state index contributed by atoms with van der Waals surface area (Å²) in [6.07, 6.45) is 0.848. The first-order valence-electron chi connectivity index (χ1n) is 9.84. The van der Waals surface area contributed by atoms with Crippen LogP contribution in [0, 0.1) is 17.8 Å². The number of esters is 1. The van der Waals surface area contributed by atoms with Crippen molar-refractivity contribution < 1.29 is 19.1 Å². The molecule has 0 spiro atoms. The van der Waals surface area contributed by atoms with Gasteiger partial charge >= 0.3 is 12.1 Å². The standard InChI is InChI=1S/C23H33NO4/c1-7-8-10-15-20(17(2)3)27-21(25)19(16-18-13-11-9-12-14-18)24-22(26)28-23(4,5)6/h9,11-14,17,19-20H,7-8,16H2,1-6H3,(H,24,26). The van der Waals surface area contributed by atoms with Gasteiger partial charge in [0.25, 0.3) is 0 Å². The smallest absolute Gasteiger partial charge is 0.408 e. The minimum absolute atomic E-state index is 0.0483. The molecule has 28 heavy (non-hydrogen) atoms. The summed E-state index contributed by atoms with van der Waals surface area (Å²) in [6, 6.07) is 8.62. The molecular weight excluding hydrogens is 354 g/mol. The van der Waals surface area contributed by atoms with Gasteiger partial charge in [0.05, 0.1) is 0 Å². The normalized spacial score (nSPS) is 13.1. The second kappa shape index (κ2) is 11.4. The van der Waals surface area contributed by atoms with Crippen LogP contribution in [0.1, 0.15) is 59.9 Å². The maximum Gasteiger partial charge on any atom is 0.408 e. The third kappa shape index (κ3) is 9.45. The van der Waals surface area contributed by atoms with Crippen LogP contribution in [-0.4, -0.2) is 29.8 Å². The van der Waals surface area contributed by atoms with Gasteiger partial charge in [-0.3, -0.25) is 0 Å². The number of unbranched alkanes of at least 4 members (excludes halogenated alkanes) is 1. The number of alkyl carbamates (subject to hydrolysis) is 1. The van der Waals surface area contributed by atoms with E-state index >= 15 is 0 Å². The molecule has 2 unspecified atom stereocenters. The van der Waals surface area contributed by atoms with Gasteiger partial charge in [0.2, 0.25) is 0 Å². The topological polar surface area (TPSA) is 64.6 Å². The predicted octanol–water partition coefficient (Wildman–Crippen LogP) is 4.49. The molecule has 5 nitrogen and oxygen atoms in total. The van der Waals surface area contributed by atoms with E-state index in [-0.39, 0.29) is 5.92 Å². The van der Waals surface area contributed by atoms with Crippen LogP contribution in [-0.2, 0) is 20.7 Å². The van der Waals surface area contributed by atoms with Crippen LogP contribution in [0.3, 0.4) is 0 Å². The third-order valence-electron chi connectivity index (χ3n) is 3.73. The highest BCUT2D eigenvalue weighted by Crippen LogP contribution is 2.12. The van der Waals surface area contributed by atoms with E-state index in [1.165, 1.54) is 0 Å². The van der Waals surface area contributed by atoms with Gasteiger partial charge in [0.15, 0.2) is 6.10 Å². The quantitative estimate of drug-likeness (QED) is 0.553. The molecule has 0 saturated carbocycles. The van der Waals surface area contributed by atoms with Crippen LogP contribution in [0.25, 0.3) is 0 Å². The summed E-state index contributed by atoms with van der Waals surface area (Å²) in [4.78, 5) is 25.1. The molecule has 1 aromatic carbocycles. The highest BCUT2D eigenvalue weighted by molar-refractivity contribution is 5.82. The Labute approximate surface area is 169 Å². The van der Waals surface area contributed by atoms with E-state index < -0.39 is 29.8 Å². The Bertz CT molecular complexity index is 680. The van der Waals surface area contributed by atoms with Crippen LogP contribution in [0.4, 0.5) is 4.79 Å². The molecule has 2 atom stereocenters. The Morgan fingerprint density at radius 1 is 1.14 bits per heavy atom. The Kier molecular flexibility index (Phi) is 9.58. The number of hydrogen-bond donors (Lipinski definition) is 1. The molecule has 0 saturated heterocycles. The molecule has 0 aliphatic rings. The van der Waals surface area contributed by atoms with Crippen molar-refractivity contribution in [3.05, 3.63) is 35.9 Å². The predicted molar refractivity (Wildman–Crippen MR) is 111 cm³/mol. The molecule has 1 rings (SSSR count). The van der Waals surface area contributed by atoms with Gasteiger partial charge in [-0.2, -0.15) is 0 Å². The molecule has 0 aliphatic heterocycles. The highest BCUT2D eigenvalue weighted by Gasteiger charge is 2.28. The van der Waals surface area contributed by atoms with Crippen molar-refractivity contribution in [3.63, 3.8) is 0 Å². The molecule has 0 fully saturated rings. The van der Waals surface area contributed by atoms with Crippen molar-refractivity contribution in [1.82, 2.24) is 5.32 Å². The van der Waals surface area contributed by atoms with Gasteiger partial charge in [-0.05, 0) is 32.8 Å². The molecule has 5 heteroatoms. The number of hydrogen-bond acceptors (Lipinski definition) is 4. The molecular formula is C23H33NO4. The summed E-state index contributed by atoms with van der Waals surface area (Å²) in [5.41, 5.74) is 0.260. The first kappa shape index (κ1) is 23.6. The average Bonchev–Trinajstić information content (AvgIpc) is 2.59. The first-order valence-corrected chi connectivity index (χ1v) is 9.84. The Morgan fingerprint density at radius 3 is 2.32 bits per heavy atom. The number of ether oxygens (including phenoxy) is 2. The lowest BCUT2D eigenvalue weighted by Crippen LogP contribution is -2.46. The molecule has 0 radical (unpaired) electrons. The highest BCUT2D eigenvalue weighted by atomic mass is 16.6. The summed E-state index contributed by atoms with van der Waals surface area (Å²) in [5, 5.41) is 2.65. The summed E-state index contributed by atoms with van der Waals surface area (Å²) in [6.45, 7) is 11.3. The first-order chi connectivity index (χ1) is 13.1. The zero-order valence-electron chi connectivity index (χ0n) is 17.9. The van der Waals surface area contributed by atoms with Crippen molar-refractivity contribution in [2.45, 2.75) is 78.6 Å². The van der Waals surface area contributed by atoms with Crippen molar-refractivity contribution in [2.75, 3.05) is 0 Å². The number of carbonyl (C=O) groups excluding carboxylic acids is 2. The van der Waals surface area contributed by atoms with Gasteiger partial charge in [-0.1, -0.05) is 62.9 Å². The van der Waals surface area contributed by atoms with E-state index in [0.717, 1.165) is 18.4 Å². The van der Waals surface area contributed by atoms with Crippen molar-refractivity contribution in [2.24, 2.45) is 5.92 Å². The molecule has 1 aromatic rings. The van der Waals surface area contributed by atoms with E-state index in [9.17, 15) is 9.59 Å². The molecule has 154 valence electrons. The number of rotatable bonds is 7. The van der Waals surface area contributed by atoms with Crippen LogP contribution >= 0.6 is 0 Å². The van der Waals surface area contributed by atoms with Crippen LogP contribution in [0.15, 0.2) is 30.3 Å². The Hall–Kier alpha value is -2.48. The fraction of sp³-hybridized carbons (Fsp3) is 0.565. The largest absolute Gasteiger partial charge is 0.447 e. The number of nitrogens with one attached hydrogen (secondary N) is 1. The number of amides is 1. The van der Waals surface area contributed by atoms with Crippen LogP contribution in [0.2, 0.25) is 0 Å². The fourth-order valence-electron chi connectivity index (χ4n) is 2.33. The van der Waals surface area contributed by atoms with E-state index in [2.05, 4.69) is 17.2 Å². The third-order valence-corrected chi connectivity index (χ3v) is 3.73. The monoisotopic (exact) mass is 387 g/mol. The zero-order chi connectivity index (χ0) is 21.2. The summed E-state index contributed by atoms with van der Waals surface area (Å²) in [7, 11) is 0. The fourth-order valence-corrected chi connectivity index (χ4v) is 2.33. The zero-order valence-corrected chi connectivity index (χ0v) is 17.9. The van der Waals surface area contributed by atoms with Gasteiger partial charge in [0.1, 0.15) is 11.6 Å². The molecule has 1 amide bonds. The lowest BCUT2D eigenvalue weighted by atomic mass is 10.0. The molecule has 0 aromatic heterocycles. The van der Waals surface area contributed by atoms with Crippen molar-refractivity contribution in [1.29, 1.82) is 0 Å². The van der Waals surface area contributed by atoms with Gasteiger partial charge in [0, 0.05) is 18.8 Å². The second-order valence-corrected chi connectivity index (χ2v) is 8.06. The van der Waals surface area contributed by atoms with Gasteiger partial charge in [-0.15, -0.1) is 0 Å². The minimum Gasteiger partial charge on any atom is -0.447 e. The Morgan fingerprint density at radius 2 is 1.79 bits per heavy atom. The average molecular weight is 388 g/mol. The van der Waals surface area contributed by atoms with E-state index in [0.29, 0.717) is 6.42 Å². The van der Waals surface area contributed by atoms with Gasteiger partial charge in [-0.25, -0.2) is 9.59 Å². The Balaban J connectivity index is 2.93. The van der Waals surface area contributed by atoms with Crippen molar-refractivity contribution in [3.8, 4) is 11.8 Å². The summed E-state index contributed by atoms with van der Waals surface area (Å²) < 4.78 is 10.9. The molecule has 0 aliphatic carbocycles. The maximum atomic E-state index is 12.8. The maximum absolute atomic E-state index is 12.8. The number of carbonyl (C=O) groups is 2. The number of benzene rings is 1. The molecule has 0 bridgehead atoms. The van der Waals surface area contributed by atoms with Gasteiger partial charge < -0.3 is 14.8 Å². The summed E-state index contributed by atoms with van der Waals surface area (Å²) >= 11 is 0. The minimum atomic E-state index is -0.855. The van der Waals surface area contributed by atoms with Crippen LogP contribution in [0.5, 0.6) is 0 Å². The molecule has 0 heterocycles. The van der Waals surface area contributed by atoms with E-state index in [1.54, 1.807) is 20.8 Å². The van der Waals surface area contributed by atoms with Crippen LogP contribution < -0.4 is 5.32 Å². The molecule has 1 N–H and O–H groups in total. The summed E-state index contributed by atoms with van der Waals surface area (Å²) in [5.74, 6) is 5.60. The lowest BCUT2D eigenvalue weighted by molar-refractivity contribution is -0.150. The van der Waals surface area contributed by atoms with E-state index in [1.807, 2.05) is 51.1 Å².